The van der Waals surface area contributed by atoms with Crippen LogP contribution in [0.25, 0.3) is 0 Å². The summed E-state index contributed by atoms with van der Waals surface area (Å²) in [5, 5.41) is 5.95. The summed E-state index contributed by atoms with van der Waals surface area (Å²) in [6.07, 6.45) is 5.01. The fraction of sp³-hybridized carbons (Fsp3) is 0.591. The topological polar surface area (TPSA) is 78.5 Å². The van der Waals surface area contributed by atoms with E-state index in [1.165, 1.54) is 29.7 Å². The zero-order valence-electron chi connectivity index (χ0n) is 16.4. The molecule has 6 nitrogen and oxygen atoms in total. The Bertz CT molecular complexity index is 751. The second kappa shape index (κ2) is 7.94. The number of hydrogen-bond acceptors (Lipinski definition) is 3. The largest absolute Gasteiger partial charge is 0.352 e. The molecule has 28 heavy (non-hydrogen) atoms. The number of hydrogen-bond donors (Lipinski definition) is 2. The van der Waals surface area contributed by atoms with Crippen LogP contribution in [-0.2, 0) is 9.59 Å². The highest BCUT2D eigenvalue weighted by atomic mass is 16.2. The Hall–Kier alpha value is -2.37. The molecule has 2 saturated carbocycles. The first kappa shape index (κ1) is 19.0. The van der Waals surface area contributed by atoms with Crippen LogP contribution in [0, 0.1) is 11.8 Å². The number of benzene rings is 1. The van der Waals surface area contributed by atoms with Crippen molar-refractivity contribution in [2.45, 2.75) is 63.5 Å². The molecule has 2 N–H and O–H groups in total. The average molecular weight is 383 g/mol. The van der Waals surface area contributed by atoms with Gasteiger partial charge in [0.1, 0.15) is 6.04 Å². The van der Waals surface area contributed by atoms with E-state index in [4.69, 9.17) is 0 Å². The Morgan fingerprint density at radius 3 is 2.68 bits per heavy atom. The Morgan fingerprint density at radius 2 is 1.93 bits per heavy atom. The van der Waals surface area contributed by atoms with E-state index in [0.29, 0.717) is 30.7 Å². The molecule has 0 unspecified atom stereocenters. The molecule has 150 valence electrons. The van der Waals surface area contributed by atoms with Crippen molar-refractivity contribution in [3.8, 4) is 0 Å². The monoisotopic (exact) mass is 383 g/mol. The molecule has 4 rings (SSSR count). The number of nitrogens with one attached hydrogen (secondary N) is 2. The second-order valence-electron chi connectivity index (χ2n) is 8.32. The summed E-state index contributed by atoms with van der Waals surface area (Å²) in [6.45, 7) is 2.36. The van der Waals surface area contributed by atoms with Crippen LogP contribution in [0.5, 0.6) is 0 Å². The van der Waals surface area contributed by atoms with E-state index in [1.54, 1.807) is 0 Å². The van der Waals surface area contributed by atoms with E-state index >= 15 is 0 Å². The van der Waals surface area contributed by atoms with Gasteiger partial charge in [0.25, 0.3) is 5.91 Å². The molecule has 1 heterocycles. The average Bonchev–Trinajstić information content (AvgIpc) is 3.22. The van der Waals surface area contributed by atoms with Crippen LogP contribution >= 0.6 is 0 Å². The van der Waals surface area contributed by atoms with E-state index in [2.05, 4.69) is 34.9 Å². The van der Waals surface area contributed by atoms with E-state index < -0.39 is 6.04 Å². The van der Waals surface area contributed by atoms with Gasteiger partial charge in [0.15, 0.2) is 0 Å². The summed E-state index contributed by atoms with van der Waals surface area (Å²) in [5.74, 6) is 1.41. The van der Waals surface area contributed by atoms with Crippen LogP contribution in [-0.4, -0.2) is 41.4 Å². The third kappa shape index (κ3) is 3.40. The highest BCUT2D eigenvalue weighted by Gasteiger charge is 2.53. The van der Waals surface area contributed by atoms with Crippen LogP contribution < -0.4 is 10.6 Å². The molecule has 0 radical (unpaired) electrons. The summed E-state index contributed by atoms with van der Waals surface area (Å²) in [4.78, 5) is 38.1. The van der Waals surface area contributed by atoms with Gasteiger partial charge >= 0.3 is 6.03 Å². The number of fused-ring (bicyclic) bond motifs is 1. The molecule has 1 aliphatic heterocycles. The Kier molecular flexibility index (Phi) is 5.38. The minimum Gasteiger partial charge on any atom is -0.352 e. The normalized spacial score (nSPS) is 31.3. The lowest BCUT2D eigenvalue weighted by atomic mass is 9.60. The third-order valence-corrected chi connectivity index (χ3v) is 6.66. The van der Waals surface area contributed by atoms with Crippen LogP contribution in [0.3, 0.4) is 0 Å². The molecular weight excluding hydrogens is 354 g/mol. The Labute approximate surface area is 166 Å². The molecule has 2 aliphatic carbocycles. The zero-order chi connectivity index (χ0) is 19.7. The summed E-state index contributed by atoms with van der Waals surface area (Å²) in [7, 11) is 0. The summed E-state index contributed by atoms with van der Waals surface area (Å²) < 4.78 is 0. The highest BCUT2D eigenvalue weighted by Crippen LogP contribution is 2.55. The van der Waals surface area contributed by atoms with Crippen molar-refractivity contribution in [3.63, 3.8) is 0 Å². The van der Waals surface area contributed by atoms with E-state index in [0.717, 1.165) is 6.42 Å². The van der Waals surface area contributed by atoms with Gasteiger partial charge in [-0.05, 0) is 43.1 Å². The molecule has 0 bridgehead atoms. The fourth-order valence-electron chi connectivity index (χ4n) is 5.36. The molecule has 1 saturated heterocycles. The van der Waals surface area contributed by atoms with Crippen molar-refractivity contribution in [3.05, 3.63) is 35.9 Å². The van der Waals surface area contributed by atoms with Gasteiger partial charge in [-0.15, -0.1) is 0 Å². The molecule has 3 fully saturated rings. The van der Waals surface area contributed by atoms with Crippen molar-refractivity contribution in [2.24, 2.45) is 11.8 Å². The van der Waals surface area contributed by atoms with Crippen LogP contribution in [0.1, 0.15) is 56.9 Å². The highest BCUT2D eigenvalue weighted by molar-refractivity contribution is 6.04. The summed E-state index contributed by atoms with van der Waals surface area (Å²) >= 11 is 0. The maximum absolute atomic E-state index is 12.6. The van der Waals surface area contributed by atoms with Gasteiger partial charge in [0.05, 0.1) is 0 Å². The SMILES string of the molecule is CCCN1C(=O)N[C@H](CCC(=O)N[C@@H]2[C@@H]3CCC[C@@H]3[C@H]2c2ccccc2)C1=O. The lowest BCUT2D eigenvalue weighted by molar-refractivity contribution is -0.128. The first-order valence-corrected chi connectivity index (χ1v) is 10.6. The maximum atomic E-state index is 12.6. The van der Waals surface area contributed by atoms with Crippen molar-refractivity contribution in [2.75, 3.05) is 6.54 Å². The molecule has 1 aromatic carbocycles. The van der Waals surface area contributed by atoms with Crippen LogP contribution in [0.15, 0.2) is 30.3 Å². The number of rotatable bonds is 7. The van der Waals surface area contributed by atoms with Gasteiger partial charge in [-0.1, -0.05) is 43.7 Å². The van der Waals surface area contributed by atoms with E-state index in [-0.39, 0.29) is 30.3 Å². The molecule has 4 amide bonds. The second-order valence-corrected chi connectivity index (χ2v) is 8.32. The maximum Gasteiger partial charge on any atom is 0.324 e. The van der Waals surface area contributed by atoms with Crippen molar-refractivity contribution >= 4 is 17.8 Å². The number of carbonyl (C=O) groups is 3. The molecule has 1 aromatic rings. The summed E-state index contributed by atoms with van der Waals surface area (Å²) in [6, 6.07) is 9.74. The number of imide groups is 1. The molecule has 0 aromatic heterocycles. The predicted molar refractivity (Wildman–Crippen MR) is 106 cm³/mol. The number of amides is 4. The minimum atomic E-state index is -0.574. The standard InChI is InChI=1S/C22H29N3O3/c1-2-13-25-21(27)17(23-22(25)28)11-12-18(26)24-20-16-10-6-9-15(16)19(20)14-7-4-3-5-8-14/h3-5,7-8,15-17,19-20H,2,6,9-13H2,1H3,(H,23,28)(H,24,26)/t15-,16+,17+,19+,20+/m0/s1. The third-order valence-electron chi connectivity index (χ3n) is 6.66. The zero-order valence-corrected chi connectivity index (χ0v) is 16.4. The van der Waals surface area contributed by atoms with Crippen molar-refractivity contribution < 1.29 is 14.4 Å². The Balaban J connectivity index is 1.33. The van der Waals surface area contributed by atoms with Gasteiger partial charge in [-0.25, -0.2) is 4.79 Å². The van der Waals surface area contributed by atoms with E-state index in [9.17, 15) is 14.4 Å². The molecule has 3 aliphatic rings. The molecule has 5 atom stereocenters. The van der Waals surface area contributed by atoms with Gasteiger partial charge in [-0.3, -0.25) is 14.5 Å². The quantitative estimate of drug-likeness (QED) is 0.711. The van der Waals surface area contributed by atoms with Gasteiger partial charge in [0.2, 0.25) is 5.91 Å². The Morgan fingerprint density at radius 1 is 1.18 bits per heavy atom. The van der Waals surface area contributed by atoms with Gasteiger partial charge in [-0.2, -0.15) is 0 Å². The molecule has 0 spiro atoms. The number of urea groups is 1. The smallest absolute Gasteiger partial charge is 0.324 e. The predicted octanol–water partition coefficient (Wildman–Crippen LogP) is 2.80. The molecular formula is C22H29N3O3. The van der Waals surface area contributed by atoms with E-state index in [1.807, 2.05) is 13.0 Å². The number of nitrogens with zero attached hydrogens (tertiary/aromatic N) is 1. The van der Waals surface area contributed by atoms with Gasteiger partial charge < -0.3 is 10.6 Å². The van der Waals surface area contributed by atoms with Gasteiger partial charge in [0, 0.05) is 24.9 Å². The fourth-order valence-corrected chi connectivity index (χ4v) is 5.36. The summed E-state index contributed by atoms with van der Waals surface area (Å²) in [5.41, 5.74) is 1.31. The van der Waals surface area contributed by atoms with Crippen molar-refractivity contribution in [1.82, 2.24) is 15.5 Å². The first-order valence-electron chi connectivity index (χ1n) is 10.6. The minimum absolute atomic E-state index is 0.0210. The lowest BCUT2D eigenvalue weighted by Gasteiger charge is -2.49. The lowest BCUT2D eigenvalue weighted by Crippen LogP contribution is -2.56. The van der Waals surface area contributed by atoms with Crippen molar-refractivity contribution in [1.29, 1.82) is 0 Å². The molecule has 6 heteroatoms. The van der Waals surface area contributed by atoms with Crippen LogP contribution in [0.4, 0.5) is 4.79 Å². The first-order chi connectivity index (χ1) is 13.6. The van der Waals surface area contributed by atoms with Crippen LogP contribution in [0.2, 0.25) is 0 Å². The number of carbonyl (C=O) groups excluding carboxylic acids is 3.